The lowest BCUT2D eigenvalue weighted by molar-refractivity contribution is -0.120. The van der Waals surface area contributed by atoms with Crippen LogP contribution in [0.1, 0.15) is 89.7 Å². The SMILES string of the molecule is Cc1c[nH]c2ncc(N3CCC(=O)NC3=O)cc12.Cc1cc(C2CN(C(/C=C(\N)c3ccccc3C)=C(N)N)CC(C)O2)ccc1C(=O)N1CCN(CC2CCCCC2)CC1. The van der Waals surface area contributed by atoms with Crippen LogP contribution in [-0.2, 0) is 9.53 Å². The molecule has 0 radical (unpaired) electrons. The van der Waals surface area contributed by atoms with E-state index in [0.717, 1.165) is 76.5 Å². The zero-order valence-corrected chi connectivity index (χ0v) is 36.1. The highest BCUT2D eigenvalue weighted by Gasteiger charge is 2.30. The third kappa shape index (κ3) is 10.4. The topological polar surface area (TPSA) is 192 Å². The number of fused-ring (bicyclic) bond motifs is 1. The second kappa shape index (κ2) is 19.2. The average Bonchev–Trinajstić information content (AvgIpc) is 3.62. The van der Waals surface area contributed by atoms with E-state index in [0.29, 0.717) is 43.1 Å². The monoisotopic (exact) mass is 830 g/mol. The summed E-state index contributed by atoms with van der Waals surface area (Å²) in [5, 5.41) is 3.28. The second-order valence-corrected chi connectivity index (χ2v) is 17.1. The number of morpholine rings is 1. The molecule has 2 atom stereocenters. The minimum Gasteiger partial charge on any atom is -0.398 e. The lowest BCUT2D eigenvalue weighted by atomic mass is 9.89. The van der Waals surface area contributed by atoms with Crippen LogP contribution < -0.4 is 27.4 Å². The Hall–Kier alpha value is -5.86. The van der Waals surface area contributed by atoms with Crippen molar-refractivity contribution in [3.8, 4) is 0 Å². The Labute approximate surface area is 359 Å². The van der Waals surface area contributed by atoms with Gasteiger partial charge in [0.05, 0.1) is 23.7 Å². The van der Waals surface area contributed by atoms with Crippen molar-refractivity contribution in [2.24, 2.45) is 23.1 Å². The first-order valence-corrected chi connectivity index (χ1v) is 21.7. The van der Waals surface area contributed by atoms with Gasteiger partial charge in [-0.05, 0) is 86.9 Å². The number of H-pyrrole nitrogens is 1. The number of urea groups is 1. The molecular weight excluding hydrogens is 769 g/mol. The van der Waals surface area contributed by atoms with E-state index in [1.165, 1.54) is 43.5 Å². The fraction of sp³-hybridized carbons (Fsp3) is 0.447. The molecule has 3 saturated heterocycles. The molecule has 1 aliphatic carbocycles. The molecule has 2 unspecified atom stereocenters. The number of amides is 4. The number of aryl methyl sites for hydroxylation is 3. The summed E-state index contributed by atoms with van der Waals surface area (Å²) in [6, 6.07) is 15.6. The number of rotatable bonds is 8. The molecule has 4 amide bonds. The summed E-state index contributed by atoms with van der Waals surface area (Å²) >= 11 is 0. The minimum absolute atomic E-state index is 0.0484. The molecule has 14 heteroatoms. The molecule has 0 spiro atoms. The third-order valence-electron chi connectivity index (χ3n) is 12.5. The highest BCUT2D eigenvalue weighted by atomic mass is 16.5. The van der Waals surface area contributed by atoms with E-state index in [9.17, 15) is 14.4 Å². The van der Waals surface area contributed by atoms with Gasteiger partial charge >= 0.3 is 6.03 Å². The van der Waals surface area contributed by atoms with Gasteiger partial charge in [0.2, 0.25) is 5.91 Å². The summed E-state index contributed by atoms with van der Waals surface area (Å²) in [4.78, 5) is 51.9. The Bertz CT molecular complexity index is 2280. The van der Waals surface area contributed by atoms with Gasteiger partial charge in [0, 0.05) is 87.2 Å². The standard InChI is InChI=1S/C35H50N6O2.C12H12N4O2/c1-24-9-7-8-12-29(24)31(36)20-32(34(37)38)41-21-26(3)43-33(23-41)28-13-14-30(25(2)19-28)35(42)40-17-15-39(16-18-40)22-27-10-5-4-6-11-27;1-7-5-13-11-9(7)4-8(6-14-11)16-3-2-10(17)15-12(16)18/h7-9,12-14,19-20,26-27,33H,4-6,10-11,15-18,21-23,36-38H2,1-3H3;4-6H,2-3H2,1H3,(H,13,14)(H,15,17,18)/b31-20-;. The van der Waals surface area contributed by atoms with Gasteiger partial charge < -0.3 is 36.7 Å². The molecule has 8 N–H and O–H groups in total. The lowest BCUT2D eigenvalue weighted by Gasteiger charge is -2.39. The van der Waals surface area contributed by atoms with Crippen molar-refractivity contribution in [1.29, 1.82) is 0 Å². The Kier molecular flexibility index (Phi) is 13.6. The summed E-state index contributed by atoms with van der Waals surface area (Å²) < 4.78 is 6.39. The van der Waals surface area contributed by atoms with Gasteiger partial charge in [-0.2, -0.15) is 0 Å². The van der Waals surface area contributed by atoms with Crippen LogP contribution in [0.25, 0.3) is 16.7 Å². The third-order valence-corrected chi connectivity index (χ3v) is 12.5. The number of nitrogens with zero attached hydrogens (tertiary/aromatic N) is 5. The number of allylic oxidation sites excluding steroid dienone is 1. The number of hydrogen-bond donors (Lipinski definition) is 5. The zero-order chi connectivity index (χ0) is 43.2. The first-order chi connectivity index (χ1) is 29.3. The van der Waals surface area contributed by atoms with Crippen molar-refractivity contribution < 1.29 is 19.1 Å². The van der Waals surface area contributed by atoms with Crippen LogP contribution >= 0.6 is 0 Å². The number of carbonyl (C=O) groups is 3. The predicted molar refractivity (Wildman–Crippen MR) is 240 cm³/mol. The number of benzene rings is 2. The number of carbonyl (C=O) groups excluding carboxylic acids is 3. The van der Waals surface area contributed by atoms with Crippen LogP contribution in [-0.4, -0.2) is 101 Å². The van der Waals surface area contributed by atoms with Gasteiger partial charge in [0.25, 0.3) is 5.91 Å². The number of nitrogens with one attached hydrogen (secondary N) is 2. The normalized spacial score (nSPS) is 20.6. The van der Waals surface area contributed by atoms with E-state index in [1.54, 1.807) is 6.20 Å². The Morgan fingerprint density at radius 2 is 1.62 bits per heavy atom. The van der Waals surface area contributed by atoms with Crippen LogP contribution in [0, 0.1) is 26.7 Å². The van der Waals surface area contributed by atoms with Crippen LogP contribution in [0.5, 0.6) is 0 Å². The first kappa shape index (κ1) is 43.2. The van der Waals surface area contributed by atoms with Gasteiger partial charge in [0.1, 0.15) is 17.6 Å². The molecule has 4 aliphatic rings. The molecule has 2 aromatic heterocycles. The van der Waals surface area contributed by atoms with E-state index < -0.39 is 0 Å². The van der Waals surface area contributed by atoms with Crippen LogP contribution in [0.2, 0.25) is 0 Å². The molecule has 1 saturated carbocycles. The van der Waals surface area contributed by atoms with Crippen molar-refractivity contribution in [2.75, 3.05) is 57.3 Å². The van der Waals surface area contributed by atoms with E-state index in [-0.39, 0.29) is 35.9 Å². The van der Waals surface area contributed by atoms with E-state index in [1.807, 2.05) is 80.4 Å². The number of aromatic amines is 1. The maximum Gasteiger partial charge on any atom is 0.328 e. The molecule has 5 heterocycles. The van der Waals surface area contributed by atoms with Gasteiger partial charge in [-0.3, -0.25) is 24.7 Å². The minimum atomic E-state index is -0.388. The van der Waals surface area contributed by atoms with E-state index in [2.05, 4.69) is 38.1 Å². The van der Waals surface area contributed by atoms with Crippen molar-refractivity contribution >= 4 is 40.3 Å². The largest absolute Gasteiger partial charge is 0.398 e. The zero-order valence-electron chi connectivity index (χ0n) is 36.1. The maximum atomic E-state index is 13.5. The first-order valence-electron chi connectivity index (χ1n) is 21.7. The van der Waals surface area contributed by atoms with Gasteiger partial charge in [0.15, 0.2) is 0 Å². The molecule has 3 aliphatic heterocycles. The fourth-order valence-electron chi connectivity index (χ4n) is 9.06. The van der Waals surface area contributed by atoms with Gasteiger partial charge in [-0.1, -0.05) is 55.7 Å². The van der Waals surface area contributed by atoms with E-state index >= 15 is 0 Å². The summed E-state index contributed by atoms with van der Waals surface area (Å²) in [6.45, 7) is 14.4. The maximum absolute atomic E-state index is 13.5. The Balaban J connectivity index is 0.000000258. The summed E-state index contributed by atoms with van der Waals surface area (Å²) in [5.74, 6) is 0.947. The van der Waals surface area contributed by atoms with Crippen molar-refractivity contribution in [2.45, 2.75) is 78.4 Å². The smallest absolute Gasteiger partial charge is 0.328 e. The highest BCUT2D eigenvalue weighted by Crippen LogP contribution is 2.31. The second-order valence-electron chi connectivity index (χ2n) is 17.1. The number of aromatic nitrogens is 2. The van der Waals surface area contributed by atoms with Crippen LogP contribution in [0.15, 0.2) is 78.5 Å². The lowest BCUT2D eigenvalue weighted by Crippen LogP contribution is -2.50. The summed E-state index contributed by atoms with van der Waals surface area (Å²) in [6.07, 6.45) is 12.3. The molecule has 61 heavy (non-hydrogen) atoms. The molecule has 14 nitrogen and oxygen atoms in total. The number of anilines is 1. The summed E-state index contributed by atoms with van der Waals surface area (Å²) in [7, 11) is 0. The molecular formula is C47H62N10O4. The van der Waals surface area contributed by atoms with Gasteiger partial charge in [-0.15, -0.1) is 0 Å². The Morgan fingerprint density at radius 1 is 0.869 bits per heavy atom. The van der Waals surface area contributed by atoms with E-state index in [4.69, 9.17) is 21.9 Å². The predicted octanol–water partition coefficient (Wildman–Crippen LogP) is 5.81. The van der Waals surface area contributed by atoms with Crippen molar-refractivity contribution in [3.63, 3.8) is 0 Å². The van der Waals surface area contributed by atoms with Crippen molar-refractivity contribution in [1.82, 2.24) is 30.0 Å². The molecule has 0 bridgehead atoms. The molecule has 8 rings (SSSR count). The number of piperazine rings is 1. The molecule has 2 aromatic carbocycles. The van der Waals surface area contributed by atoms with Crippen LogP contribution in [0.3, 0.4) is 0 Å². The number of nitrogens with two attached hydrogens (primary N) is 3. The molecule has 4 fully saturated rings. The van der Waals surface area contributed by atoms with Crippen molar-refractivity contribution in [3.05, 3.63) is 112 Å². The fourth-order valence-corrected chi connectivity index (χ4v) is 9.06. The Morgan fingerprint density at radius 3 is 2.33 bits per heavy atom. The molecule has 4 aromatic rings. The highest BCUT2D eigenvalue weighted by molar-refractivity contribution is 6.06. The van der Waals surface area contributed by atoms with Gasteiger partial charge in [-0.25, -0.2) is 9.78 Å². The van der Waals surface area contributed by atoms with Crippen LogP contribution in [0.4, 0.5) is 10.5 Å². The quantitative estimate of drug-likeness (QED) is 0.136. The number of hydrogen-bond acceptors (Lipinski definition) is 10. The number of ether oxygens (including phenoxy) is 1. The molecule has 324 valence electrons. The number of pyridine rings is 1. The summed E-state index contributed by atoms with van der Waals surface area (Å²) in [5.41, 5.74) is 27.6. The number of imide groups is 1. The average molecular weight is 831 g/mol.